The molecule has 2 rings (SSSR count). The number of ether oxygens (including phenoxy) is 1. The van der Waals surface area contributed by atoms with Crippen LogP contribution >= 0.6 is 0 Å². The number of benzene rings is 2. The van der Waals surface area contributed by atoms with Gasteiger partial charge in [-0.3, -0.25) is 0 Å². The lowest BCUT2D eigenvalue weighted by atomic mass is 10.1. The highest BCUT2D eigenvalue weighted by molar-refractivity contribution is 5.18. The molecule has 0 spiro atoms. The third kappa shape index (κ3) is 7.80. The molecule has 0 amide bonds. The zero-order valence-electron chi connectivity index (χ0n) is 15.3. The van der Waals surface area contributed by atoms with Crippen LogP contribution in [0.3, 0.4) is 0 Å². The zero-order chi connectivity index (χ0) is 17.9. The van der Waals surface area contributed by atoms with Crippen LogP contribution in [-0.4, -0.2) is 31.8 Å². The van der Waals surface area contributed by atoms with Crippen LogP contribution in [-0.2, 0) is 11.3 Å². The standard InChI is InChI=1S/C21H31N3O/c1-17(2)24-20(16-25-15-18-9-5-3-6-10-18)13-23-14-21(22)19-11-7-4-8-12-19/h3-12,17,20-21,23-24H,13-16,22H2,1-2H3/t20-,21?/m1/s1. The summed E-state index contributed by atoms with van der Waals surface area (Å²) >= 11 is 0. The summed E-state index contributed by atoms with van der Waals surface area (Å²) in [7, 11) is 0. The van der Waals surface area contributed by atoms with Crippen LogP contribution in [0.5, 0.6) is 0 Å². The van der Waals surface area contributed by atoms with Crippen LogP contribution < -0.4 is 16.4 Å². The van der Waals surface area contributed by atoms with Gasteiger partial charge in [-0.05, 0) is 11.1 Å². The molecule has 2 aromatic carbocycles. The van der Waals surface area contributed by atoms with E-state index >= 15 is 0 Å². The molecule has 0 aliphatic rings. The first-order valence-electron chi connectivity index (χ1n) is 9.04. The Morgan fingerprint density at radius 3 is 2.20 bits per heavy atom. The third-order valence-corrected chi connectivity index (χ3v) is 3.98. The zero-order valence-corrected chi connectivity index (χ0v) is 15.3. The monoisotopic (exact) mass is 341 g/mol. The Hall–Kier alpha value is -1.72. The van der Waals surface area contributed by atoms with Gasteiger partial charge in [0, 0.05) is 31.2 Å². The Bertz CT molecular complexity index is 574. The maximum absolute atomic E-state index is 6.24. The molecule has 0 bridgehead atoms. The van der Waals surface area contributed by atoms with Crippen LogP contribution in [0.25, 0.3) is 0 Å². The van der Waals surface area contributed by atoms with Crippen molar-refractivity contribution in [1.29, 1.82) is 0 Å². The van der Waals surface area contributed by atoms with Gasteiger partial charge in [0.05, 0.1) is 13.2 Å². The van der Waals surface area contributed by atoms with E-state index in [2.05, 4.69) is 48.7 Å². The van der Waals surface area contributed by atoms with Crippen LogP contribution in [0.15, 0.2) is 60.7 Å². The second-order valence-corrected chi connectivity index (χ2v) is 6.69. The summed E-state index contributed by atoms with van der Waals surface area (Å²) in [5.41, 5.74) is 8.60. The van der Waals surface area contributed by atoms with E-state index in [1.54, 1.807) is 0 Å². The number of nitrogens with one attached hydrogen (secondary N) is 2. The predicted octanol–water partition coefficient (Wildman–Crippen LogP) is 2.86. The lowest BCUT2D eigenvalue weighted by Gasteiger charge is -2.23. The maximum atomic E-state index is 6.24. The average Bonchev–Trinajstić information content (AvgIpc) is 2.62. The second-order valence-electron chi connectivity index (χ2n) is 6.69. The summed E-state index contributed by atoms with van der Waals surface area (Å²) in [4.78, 5) is 0. The molecule has 4 heteroatoms. The molecule has 0 heterocycles. The van der Waals surface area contributed by atoms with E-state index < -0.39 is 0 Å². The smallest absolute Gasteiger partial charge is 0.0717 e. The Labute approximate surface area is 151 Å². The molecule has 136 valence electrons. The summed E-state index contributed by atoms with van der Waals surface area (Å²) in [5, 5.41) is 7.02. The Kier molecular flexibility index (Phi) is 8.63. The van der Waals surface area contributed by atoms with Gasteiger partial charge in [0.2, 0.25) is 0 Å². The van der Waals surface area contributed by atoms with E-state index in [-0.39, 0.29) is 12.1 Å². The van der Waals surface area contributed by atoms with Crippen molar-refractivity contribution in [2.45, 2.75) is 38.6 Å². The molecule has 0 saturated carbocycles. The van der Waals surface area contributed by atoms with E-state index in [0.29, 0.717) is 19.3 Å². The van der Waals surface area contributed by atoms with Crippen molar-refractivity contribution in [2.24, 2.45) is 5.73 Å². The first-order valence-corrected chi connectivity index (χ1v) is 9.04. The van der Waals surface area contributed by atoms with Gasteiger partial charge >= 0.3 is 0 Å². The number of nitrogens with two attached hydrogens (primary N) is 1. The van der Waals surface area contributed by atoms with Gasteiger partial charge in [0.15, 0.2) is 0 Å². The van der Waals surface area contributed by atoms with E-state index in [4.69, 9.17) is 10.5 Å². The van der Waals surface area contributed by atoms with Crippen LogP contribution in [0.1, 0.15) is 31.0 Å². The second kappa shape index (κ2) is 11.0. The first kappa shape index (κ1) is 19.6. The molecular weight excluding hydrogens is 310 g/mol. The number of hydrogen-bond donors (Lipinski definition) is 3. The van der Waals surface area contributed by atoms with Gasteiger partial charge in [0.25, 0.3) is 0 Å². The first-order chi connectivity index (χ1) is 12.1. The van der Waals surface area contributed by atoms with Crippen LogP contribution in [0, 0.1) is 0 Å². The third-order valence-electron chi connectivity index (χ3n) is 3.98. The van der Waals surface area contributed by atoms with Crippen molar-refractivity contribution in [3.05, 3.63) is 71.8 Å². The van der Waals surface area contributed by atoms with Crippen molar-refractivity contribution in [2.75, 3.05) is 19.7 Å². The van der Waals surface area contributed by atoms with Gasteiger partial charge < -0.3 is 21.1 Å². The molecule has 25 heavy (non-hydrogen) atoms. The summed E-state index contributed by atoms with van der Waals surface area (Å²) < 4.78 is 5.89. The predicted molar refractivity (Wildman–Crippen MR) is 104 cm³/mol. The Balaban J connectivity index is 1.73. The van der Waals surface area contributed by atoms with E-state index in [0.717, 1.165) is 18.7 Å². The molecule has 0 radical (unpaired) electrons. The minimum absolute atomic E-state index is 0.00568. The van der Waals surface area contributed by atoms with Gasteiger partial charge in [-0.15, -0.1) is 0 Å². The van der Waals surface area contributed by atoms with Gasteiger partial charge in [-0.25, -0.2) is 0 Å². The molecular formula is C21H31N3O. The minimum Gasteiger partial charge on any atom is -0.375 e. The summed E-state index contributed by atoms with van der Waals surface area (Å²) in [6.07, 6.45) is 0. The van der Waals surface area contributed by atoms with Gasteiger partial charge in [0.1, 0.15) is 0 Å². The van der Waals surface area contributed by atoms with Crippen LogP contribution in [0.2, 0.25) is 0 Å². The Morgan fingerprint density at radius 1 is 0.920 bits per heavy atom. The molecule has 0 aromatic heterocycles. The maximum Gasteiger partial charge on any atom is 0.0717 e. The lowest BCUT2D eigenvalue weighted by Crippen LogP contribution is -2.46. The molecule has 0 aliphatic carbocycles. The molecule has 1 unspecified atom stereocenters. The average molecular weight is 341 g/mol. The highest BCUT2D eigenvalue weighted by Crippen LogP contribution is 2.08. The molecule has 0 saturated heterocycles. The topological polar surface area (TPSA) is 59.3 Å². The SMILES string of the molecule is CC(C)N[C@H](CNCC(N)c1ccccc1)COCc1ccccc1. The minimum atomic E-state index is 0.00568. The molecule has 2 atom stereocenters. The largest absolute Gasteiger partial charge is 0.375 e. The van der Waals surface area contributed by atoms with Crippen molar-refractivity contribution in [1.82, 2.24) is 10.6 Å². The number of hydrogen-bond acceptors (Lipinski definition) is 4. The van der Waals surface area contributed by atoms with Crippen molar-refractivity contribution >= 4 is 0 Å². The van der Waals surface area contributed by atoms with E-state index in [9.17, 15) is 0 Å². The molecule has 2 aromatic rings. The van der Waals surface area contributed by atoms with Crippen molar-refractivity contribution < 1.29 is 4.74 Å². The Morgan fingerprint density at radius 2 is 1.56 bits per heavy atom. The molecule has 4 N–H and O–H groups in total. The molecule has 4 nitrogen and oxygen atoms in total. The summed E-state index contributed by atoms with van der Waals surface area (Å²) in [5.74, 6) is 0. The fourth-order valence-corrected chi connectivity index (χ4v) is 2.76. The van der Waals surface area contributed by atoms with E-state index in [1.165, 1.54) is 5.56 Å². The summed E-state index contributed by atoms with van der Waals surface area (Å²) in [6, 6.07) is 21.1. The molecule has 0 aliphatic heterocycles. The van der Waals surface area contributed by atoms with E-state index in [1.807, 2.05) is 36.4 Å². The highest BCUT2D eigenvalue weighted by atomic mass is 16.5. The van der Waals surface area contributed by atoms with Gasteiger partial charge in [-0.1, -0.05) is 74.5 Å². The van der Waals surface area contributed by atoms with Crippen molar-refractivity contribution in [3.8, 4) is 0 Å². The fraction of sp³-hybridized carbons (Fsp3) is 0.429. The van der Waals surface area contributed by atoms with Crippen molar-refractivity contribution in [3.63, 3.8) is 0 Å². The van der Waals surface area contributed by atoms with Gasteiger partial charge in [-0.2, -0.15) is 0 Å². The quantitative estimate of drug-likeness (QED) is 0.588. The fourth-order valence-electron chi connectivity index (χ4n) is 2.76. The highest BCUT2D eigenvalue weighted by Gasteiger charge is 2.11. The number of rotatable bonds is 11. The van der Waals surface area contributed by atoms with Crippen LogP contribution in [0.4, 0.5) is 0 Å². The lowest BCUT2D eigenvalue weighted by molar-refractivity contribution is 0.0958. The summed E-state index contributed by atoms with van der Waals surface area (Å²) in [6.45, 7) is 7.19. The molecule has 0 fully saturated rings. The normalized spacial score (nSPS) is 13.8.